The predicted molar refractivity (Wildman–Crippen MR) is 79.0 cm³/mol. The number of rotatable bonds is 4. The Morgan fingerprint density at radius 2 is 1.94 bits per heavy atom. The quantitative estimate of drug-likeness (QED) is 0.603. The van der Waals surface area contributed by atoms with Gasteiger partial charge < -0.3 is 0 Å². The molecule has 1 aromatic rings. The highest BCUT2D eigenvalue weighted by atomic mass is 14.1. The van der Waals surface area contributed by atoms with Crippen molar-refractivity contribution in [1.82, 2.24) is 0 Å². The average Bonchev–Trinajstić information content (AvgIpc) is 2.33. The smallest absolute Gasteiger partial charge is 0.0192 e. The van der Waals surface area contributed by atoms with Gasteiger partial charge in [-0.3, -0.25) is 0 Å². The summed E-state index contributed by atoms with van der Waals surface area (Å²) in [5.74, 6) is 0. The number of allylic oxidation sites excluding steroid dienone is 5. The molecule has 0 unspecified atom stereocenters. The largest absolute Gasteiger partial charge is 0.0991 e. The molecule has 0 aliphatic carbocycles. The van der Waals surface area contributed by atoms with Gasteiger partial charge in [0.05, 0.1) is 0 Å². The Kier molecular flexibility index (Phi) is 4.96. The van der Waals surface area contributed by atoms with Gasteiger partial charge in [0.15, 0.2) is 0 Å². The fourth-order valence-corrected chi connectivity index (χ4v) is 2.23. The van der Waals surface area contributed by atoms with Crippen LogP contribution in [0.1, 0.15) is 43.9 Å². The summed E-state index contributed by atoms with van der Waals surface area (Å²) in [5.41, 5.74) is 6.72. The Labute approximate surface area is 105 Å². The molecule has 0 amide bonds. The predicted octanol–water partition coefficient (Wildman–Crippen LogP) is 5.40. The van der Waals surface area contributed by atoms with Crippen molar-refractivity contribution >= 4 is 11.1 Å². The SMILES string of the molecule is C=C/C=C(\C)c1cccc(/C(=C/C)CC)c1C. The second kappa shape index (κ2) is 6.24. The first-order valence-electron chi connectivity index (χ1n) is 6.20. The van der Waals surface area contributed by atoms with Crippen LogP contribution >= 0.6 is 0 Å². The van der Waals surface area contributed by atoms with E-state index in [1.54, 1.807) is 0 Å². The van der Waals surface area contributed by atoms with Crippen molar-refractivity contribution in [3.8, 4) is 0 Å². The van der Waals surface area contributed by atoms with E-state index < -0.39 is 0 Å². The summed E-state index contributed by atoms with van der Waals surface area (Å²) in [5, 5.41) is 0. The fourth-order valence-electron chi connectivity index (χ4n) is 2.23. The zero-order chi connectivity index (χ0) is 12.8. The summed E-state index contributed by atoms with van der Waals surface area (Å²) in [7, 11) is 0. The highest BCUT2D eigenvalue weighted by Crippen LogP contribution is 2.27. The second-order valence-electron chi connectivity index (χ2n) is 4.23. The molecule has 0 fully saturated rings. The van der Waals surface area contributed by atoms with Gasteiger partial charge in [-0.25, -0.2) is 0 Å². The number of hydrogen-bond acceptors (Lipinski definition) is 0. The first-order chi connectivity index (χ1) is 8.15. The van der Waals surface area contributed by atoms with Crippen LogP contribution in [0.4, 0.5) is 0 Å². The van der Waals surface area contributed by atoms with Crippen LogP contribution in [0, 0.1) is 6.92 Å². The van der Waals surface area contributed by atoms with Gasteiger partial charge in [-0.1, -0.05) is 49.9 Å². The minimum Gasteiger partial charge on any atom is -0.0991 e. The minimum atomic E-state index is 1.07. The molecule has 0 saturated heterocycles. The lowest BCUT2D eigenvalue weighted by Crippen LogP contribution is -1.93. The lowest BCUT2D eigenvalue weighted by Gasteiger charge is -2.13. The minimum absolute atomic E-state index is 1.07. The summed E-state index contributed by atoms with van der Waals surface area (Å²) in [6, 6.07) is 6.52. The number of benzene rings is 1. The Hall–Kier alpha value is -1.56. The molecular formula is C17H22. The van der Waals surface area contributed by atoms with Crippen LogP contribution in [0.3, 0.4) is 0 Å². The van der Waals surface area contributed by atoms with Crippen molar-refractivity contribution in [2.24, 2.45) is 0 Å². The van der Waals surface area contributed by atoms with E-state index in [1.165, 1.54) is 27.8 Å². The van der Waals surface area contributed by atoms with Crippen molar-refractivity contribution in [3.63, 3.8) is 0 Å². The second-order valence-corrected chi connectivity index (χ2v) is 4.23. The molecule has 0 radical (unpaired) electrons. The zero-order valence-corrected chi connectivity index (χ0v) is 11.4. The van der Waals surface area contributed by atoms with Gasteiger partial charge >= 0.3 is 0 Å². The molecule has 17 heavy (non-hydrogen) atoms. The van der Waals surface area contributed by atoms with Gasteiger partial charge in [-0.15, -0.1) is 0 Å². The van der Waals surface area contributed by atoms with Gasteiger partial charge in [-0.2, -0.15) is 0 Å². The van der Waals surface area contributed by atoms with Crippen molar-refractivity contribution in [1.29, 1.82) is 0 Å². The average molecular weight is 226 g/mol. The highest BCUT2D eigenvalue weighted by Gasteiger charge is 2.07. The van der Waals surface area contributed by atoms with Gasteiger partial charge in [0.1, 0.15) is 0 Å². The maximum atomic E-state index is 3.76. The molecule has 0 heteroatoms. The first-order valence-corrected chi connectivity index (χ1v) is 6.20. The molecule has 1 rings (SSSR count). The third-order valence-electron chi connectivity index (χ3n) is 3.20. The van der Waals surface area contributed by atoms with Crippen molar-refractivity contribution < 1.29 is 0 Å². The van der Waals surface area contributed by atoms with Crippen molar-refractivity contribution in [3.05, 3.63) is 59.7 Å². The molecule has 1 aromatic carbocycles. The molecule has 0 bridgehead atoms. The Bertz CT molecular complexity index is 439. The van der Waals surface area contributed by atoms with E-state index in [0.717, 1.165) is 6.42 Å². The van der Waals surface area contributed by atoms with Crippen molar-refractivity contribution in [2.75, 3.05) is 0 Å². The molecule has 0 aliphatic rings. The lowest BCUT2D eigenvalue weighted by molar-refractivity contribution is 1.21. The van der Waals surface area contributed by atoms with Crippen LogP contribution < -0.4 is 0 Å². The summed E-state index contributed by atoms with van der Waals surface area (Å²) >= 11 is 0. The van der Waals surface area contributed by atoms with Crippen LogP contribution in [0.15, 0.2) is 43.0 Å². The molecule has 0 aliphatic heterocycles. The standard InChI is InChI=1S/C17H22/c1-6-10-13(4)16-11-9-12-17(14(16)5)15(7-2)8-3/h6-7,9-12H,1,8H2,2-5H3/b13-10+,15-7+. The monoisotopic (exact) mass is 226 g/mol. The molecule has 0 N–H and O–H groups in total. The van der Waals surface area contributed by atoms with Crippen LogP contribution in [-0.4, -0.2) is 0 Å². The number of hydrogen-bond donors (Lipinski definition) is 0. The lowest BCUT2D eigenvalue weighted by atomic mass is 9.92. The Morgan fingerprint density at radius 1 is 1.29 bits per heavy atom. The third kappa shape index (κ3) is 2.97. The molecule has 0 atom stereocenters. The maximum Gasteiger partial charge on any atom is -0.0192 e. The molecule has 90 valence electrons. The van der Waals surface area contributed by atoms with Gasteiger partial charge in [0, 0.05) is 0 Å². The van der Waals surface area contributed by atoms with E-state index >= 15 is 0 Å². The maximum absolute atomic E-state index is 3.76. The van der Waals surface area contributed by atoms with Gasteiger partial charge in [-0.05, 0) is 55.0 Å². The Morgan fingerprint density at radius 3 is 2.47 bits per heavy atom. The molecule has 0 aromatic heterocycles. The molecule has 0 nitrogen and oxygen atoms in total. The molecule has 0 saturated carbocycles. The third-order valence-corrected chi connectivity index (χ3v) is 3.20. The topological polar surface area (TPSA) is 0 Å². The van der Waals surface area contributed by atoms with E-state index in [0.29, 0.717) is 0 Å². The normalized spacial score (nSPS) is 12.7. The van der Waals surface area contributed by atoms with Crippen LogP contribution in [0.5, 0.6) is 0 Å². The molecular weight excluding hydrogens is 204 g/mol. The van der Waals surface area contributed by atoms with E-state index in [1.807, 2.05) is 6.08 Å². The van der Waals surface area contributed by atoms with E-state index in [-0.39, 0.29) is 0 Å². The van der Waals surface area contributed by atoms with Crippen LogP contribution in [-0.2, 0) is 0 Å². The zero-order valence-electron chi connectivity index (χ0n) is 11.4. The van der Waals surface area contributed by atoms with Crippen LogP contribution in [0.25, 0.3) is 11.1 Å². The van der Waals surface area contributed by atoms with Gasteiger partial charge in [0.2, 0.25) is 0 Å². The summed E-state index contributed by atoms with van der Waals surface area (Å²) in [6.07, 6.45) is 7.19. The Balaban J connectivity index is 3.34. The van der Waals surface area contributed by atoms with Crippen molar-refractivity contribution in [2.45, 2.75) is 34.1 Å². The van der Waals surface area contributed by atoms with E-state index in [2.05, 4.69) is 64.6 Å². The van der Waals surface area contributed by atoms with Gasteiger partial charge in [0.25, 0.3) is 0 Å². The van der Waals surface area contributed by atoms with Crippen LogP contribution in [0.2, 0.25) is 0 Å². The summed E-state index contributed by atoms with van der Waals surface area (Å²) in [6.45, 7) is 12.4. The molecule has 0 spiro atoms. The fraction of sp³-hybridized carbons (Fsp3) is 0.294. The summed E-state index contributed by atoms with van der Waals surface area (Å²) in [4.78, 5) is 0. The van der Waals surface area contributed by atoms with E-state index in [9.17, 15) is 0 Å². The highest BCUT2D eigenvalue weighted by molar-refractivity contribution is 5.76. The summed E-state index contributed by atoms with van der Waals surface area (Å²) < 4.78 is 0. The first kappa shape index (κ1) is 13.5. The van der Waals surface area contributed by atoms with E-state index in [4.69, 9.17) is 0 Å². The molecule has 0 heterocycles.